The highest BCUT2D eigenvalue weighted by Crippen LogP contribution is 2.34. The summed E-state index contributed by atoms with van der Waals surface area (Å²) in [4.78, 5) is 22.4. The maximum absolute atomic E-state index is 11.3. The Morgan fingerprint density at radius 3 is 2.78 bits per heavy atom. The molecule has 0 saturated carbocycles. The van der Waals surface area contributed by atoms with Crippen LogP contribution in [0.4, 0.5) is 11.5 Å². The van der Waals surface area contributed by atoms with Crippen LogP contribution in [0.1, 0.15) is 12.8 Å². The van der Waals surface area contributed by atoms with E-state index < -0.39 is 5.91 Å². The van der Waals surface area contributed by atoms with Crippen LogP contribution in [0.5, 0.6) is 11.5 Å². The summed E-state index contributed by atoms with van der Waals surface area (Å²) in [5.41, 5.74) is 3.50. The van der Waals surface area contributed by atoms with Gasteiger partial charge in [-0.15, -0.1) is 0 Å². The van der Waals surface area contributed by atoms with Crippen molar-refractivity contribution in [3.63, 3.8) is 0 Å². The molecule has 9 nitrogen and oxygen atoms in total. The normalized spacial score (nSPS) is 14.8. The number of nitrogens with two attached hydrogens (primary N) is 1. The summed E-state index contributed by atoms with van der Waals surface area (Å²) in [6.45, 7) is 1.80. The van der Waals surface area contributed by atoms with Crippen LogP contribution in [0.25, 0.3) is 10.9 Å². The summed E-state index contributed by atoms with van der Waals surface area (Å²) in [6.07, 6.45) is 3.61. The van der Waals surface area contributed by atoms with E-state index in [1.54, 1.807) is 18.2 Å². The van der Waals surface area contributed by atoms with Gasteiger partial charge in [-0.3, -0.25) is 10.2 Å². The molecule has 168 valence electrons. The van der Waals surface area contributed by atoms with Crippen LogP contribution in [0, 0.1) is 0 Å². The van der Waals surface area contributed by atoms with Gasteiger partial charge < -0.3 is 19.7 Å². The molecule has 0 radical (unpaired) electrons. The molecule has 0 aliphatic carbocycles. The summed E-state index contributed by atoms with van der Waals surface area (Å²) in [5, 5.41) is 4.46. The largest absolute Gasteiger partial charge is 0.489 e. The van der Waals surface area contributed by atoms with Crippen LogP contribution in [-0.2, 0) is 4.79 Å². The number of carbonyl (C=O) groups excluding carboxylic acids is 1. The Bertz CT molecular complexity index is 1100. The van der Waals surface area contributed by atoms with Crippen LogP contribution >= 0.6 is 11.6 Å². The molecule has 3 aromatic rings. The lowest BCUT2D eigenvalue weighted by Crippen LogP contribution is -2.35. The SMILES string of the molecule is CN1CCC(Oc2cccc3ncnc(Nc4ccc(OCC(=O)NN)c(Cl)c4)c23)CC1. The number of aromatic nitrogens is 2. The summed E-state index contributed by atoms with van der Waals surface area (Å²) >= 11 is 6.32. The second kappa shape index (κ2) is 9.99. The number of nitrogens with one attached hydrogen (secondary N) is 2. The lowest BCUT2D eigenvalue weighted by atomic mass is 10.1. The van der Waals surface area contributed by atoms with Crippen molar-refractivity contribution < 1.29 is 14.3 Å². The summed E-state index contributed by atoms with van der Waals surface area (Å²) in [7, 11) is 2.12. The van der Waals surface area contributed by atoms with Gasteiger partial charge in [0.05, 0.1) is 15.9 Å². The average Bonchev–Trinajstić information content (AvgIpc) is 2.80. The number of benzene rings is 2. The van der Waals surface area contributed by atoms with Gasteiger partial charge in [-0.25, -0.2) is 15.8 Å². The number of hydrogen-bond donors (Lipinski definition) is 3. The van der Waals surface area contributed by atoms with E-state index in [1.807, 2.05) is 23.6 Å². The molecule has 10 heteroatoms. The topological polar surface area (TPSA) is 115 Å². The second-order valence-corrected chi connectivity index (χ2v) is 8.03. The van der Waals surface area contributed by atoms with Gasteiger partial charge in [0.25, 0.3) is 5.91 Å². The Hall–Kier alpha value is -3.14. The first-order valence-corrected chi connectivity index (χ1v) is 10.7. The number of ether oxygens (including phenoxy) is 2. The van der Waals surface area contributed by atoms with E-state index in [4.69, 9.17) is 26.9 Å². The molecule has 1 fully saturated rings. The number of halogens is 1. The van der Waals surface area contributed by atoms with E-state index in [0.717, 1.165) is 42.6 Å². The Balaban J connectivity index is 1.56. The molecular weight excluding hydrogens is 432 g/mol. The van der Waals surface area contributed by atoms with Crippen molar-refractivity contribution in [2.45, 2.75) is 18.9 Å². The first-order valence-electron chi connectivity index (χ1n) is 10.3. The highest BCUT2D eigenvalue weighted by molar-refractivity contribution is 6.32. The lowest BCUT2D eigenvalue weighted by Gasteiger charge is -2.29. The number of anilines is 2. The molecule has 2 heterocycles. The van der Waals surface area contributed by atoms with Crippen LogP contribution in [0.3, 0.4) is 0 Å². The van der Waals surface area contributed by atoms with Gasteiger partial charge in [0.1, 0.15) is 29.7 Å². The van der Waals surface area contributed by atoms with Crippen molar-refractivity contribution in [2.75, 3.05) is 32.1 Å². The first-order chi connectivity index (χ1) is 15.5. The summed E-state index contributed by atoms with van der Waals surface area (Å²) in [6, 6.07) is 11.0. The van der Waals surface area contributed by atoms with Gasteiger partial charge in [-0.2, -0.15) is 0 Å². The minimum Gasteiger partial charge on any atom is -0.489 e. The molecule has 4 N–H and O–H groups in total. The standard InChI is InChI=1S/C22H25ClN6O3/c1-29-9-7-15(8-10-29)32-19-4-2-3-17-21(19)22(26-13-25-17)27-14-5-6-18(16(23)11-14)31-12-20(30)28-24/h2-6,11,13,15H,7-10,12,24H2,1H3,(H,28,30)(H,25,26,27). The molecule has 0 unspecified atom stereocenters. The van der Waals surface area contributed by atoms with Gasteiger partial charge in [0.2, 0.25) is 0 Å². The molecule has 1 aliphatic heterocycles. The quantitative estimate of drug-likeness (QED) is 0.282. The fourth-order valence-corrected chi connectivity index (χ4v) is 3.81. The van der Waals surface area contributed by atoms with E-state index >= 15 is 0 Å². The molecule has 0 spiro atoms. The van der Waals surface area contributed by atoms with Gasteiger partial charge >= 0.3 is 0 Å². The minimum atomic E-state index is -0.451. The molecule has 2 aromatic carbocycles. The third-order valence-electron chi connectivity index (χ3n) is 5.30. The molecule has 32 heavy (non-hydrogen) atoms. The molecule has 1 saturated heterocycles. The van der Waals surface area contributed by atoms with Gasteiger partial charge in [-0.05, 0) is 50.2 Å². The number of hydrazine groups is 1. The third-order valence-corrected chi connectivity index (χ3v) is 5.59. The first kappa shape index (κ1) is 22.1. The predicted molar refractivity (Wildman–Crippen MR) is 123 cm³/mol. The Labute approximate surface area is 190 Å². The number of rotatable bonds is 7. The Morgan fingerprint density at radius 1 is 1.22 bits per heavy atom. The van der Waals surface area contributed by atoms with Crippen molar-refractivity contribution in [3.05, 3.63) is 47.7 Å². The lowest BCUT2D eigenvalue weighted by molar-refractivity contribution is -0.123. The third kappa shape index (κ3) is 5.18. The number of amides is 1. The van der Waals surface area contributed by atoms with E-state index in [1.165, 1.54) is 6.33 Å². The number of fused-ring (bicyclic) bond motifs is 1. The van der Waals surface area contributed by atoms with E-state index in [-0.39, 0.29) is 12.7 Å². The Kier molecular flexibility index (Phi) is 6.89. The van der Waals surface area contributed by atoms with Crippen molar-refractivity contribution in [2.24, 2.45) is 5.84 Å². The van der Waals surface area contributed by atoms with E-state index in [0.29, 0.717) is 22.3 Å². The molecule has 4 rings (SSSR count). The van der Waals surface area contributed by atoms with E-state index in [2.05, 4.69) is 27.2 Å². The molecular formula is C22H25ClN6O3. The number of nitrogens with zero attached hydrogens (tertiary/aromatic N) is 3. The molecule has 1 aliphatic rings. The van der Waals surface area contributed by atoms with Crippen molar-refractivity contribution in [3.8, 4) is 11.5 Å². The maximum atomic E-state index is 11.3. The molecule has 0 bridgehead atoms. The van der Waals surface area contributed by atoms with E-state index in [9.17, 15) is 4.79 Å². The Morgan fingerprint density at radius 2 is 2.03 bits per heavy atom. The number of hydrogen-bond acceptors (Lipinski definition) is 8. The van der Waals surface area contributed by atoms with Crippen LogP contribution in [0.2, 0.25) is 5.02 Å². The zero-order chi connectivity index (χ0) is 22.5. The monoisotopic (exact) mass is 456 g/mol. The zero-order valence-electron chi connectivity index (χ0n) is 17.7. The molecule has 0 atom stereocenters. The summed E-state index contributed by atoms with van der Waals surface area (Å²) in [5.74, 6) is 6.35. The van der Waals surface area contributed by atoms with Crippen LogP contribution in [-0.4, -0.2) is 53.6 Å². The van der Waals surface area contributed by atoms with Gasteiger partial charge in [-0.1, -0.05) is 17.7 Å². The highest BCUT2D eigenvalue weighted by Gasteiger charge is 2.20. The molecule has 1 aromatic heterocycles. The van der Waals surface area contributed by atoms with Gasteiger partial charge in [0.15, 0.2) is 6.61 Å². The molecule has 1 amide bonds. The number of piperidine rings is 1. The van der Waals surface area contributed by atoms with Crippen molar-refractivity contribution >= 4 is 39.9 Å². The van der Waals surface area contributed by atoms with Crippen molar-refractivity contribution in [1.29, 1.82) is 0 Å². The minimum absolute atomic E-state index is 0.154. The fourth-order valence-electron chi connectivity index (χ4n) is 3.57. The maximum Gasteiger partial charge on any atom is 0.271 e. The highest BCUT2D eigenvalue weighted by atomic mass is 35.5. The smallest absolute Gasteiger partial charge is 0.271 e. The summed E-state index contributed by atoms with van der Waals surface area (Å²) < 4.78 is 11.7. The van der Waals surface area contributed by atoms with Gasteiger partial charge in [0, 0.05) is 18.8 Å². The fraction of sp³-hybridized carbons (Fsp3) is 0.318. The zero-order valence-corrected chi connectivity index (χ0v) is 18.4. The number of likely N-dealkylation sites (tertiary alicyclic amines) is 1. The van der Waals surface area contributed by atoms with Crippen LogP contribution in [0.15, 0.2) is 42.7 Å². The average molecular weight is 457 g/mol. The predicted octanol–water partition coefficient (Wildman–Crippen LogP) is 2.87. The number of carbonyl (C=O) groups is 1. The van der Waals surface area contributed by atoms with Crippen LogP contribution < -0.4 is 26.1 Å². The van der Waals surface area contributed by atoms with Crippen molar-refractivity contribution in [1.82, 2.24) is 20.3 Å². The second-order valence-electron chi connectivity index (χ2n) is 7.62.